The molecule has 2 aromatic carbocycles. The number of nitrogens with one attached hydrogen (secondary N) is 2. The van der Waals surface area contributed by atoms with Crippen molar-refractivity contribution in [3.63, 3.8) is 0 Å². The molecule has 0 bridgehead atoms. The third-order valence-corrected chi connectivity index (χ3v) is 5.62. The maximum atomic E-state index is 12.7. The van der Waals surface area contributed by atoms with E-state index in [0.717, 1.165) is 5.56 Å². The van der Waals surface area contributed by atoms with Gasteiger partial charge < -0.3 is 10.1 Å². The Hall–Kier alpha value is -2.09. The van der Waals surface area contributed by atoms with E-state index in [4.69, 9.17) is 16.3 Å². The largest absolute Gasteiger partial charge is 0.495 e. The first kappa shape index (κ1) is 21.2. The molecular formula is C19H23ClN2O4S. The van der Waals surface area contributed by atoms with Crippen LogP contribution in [0.3, 0.4) is 0 Å². The molecule has 0 radical (unpaired) electrons. The Bertz CT molecular complexity index is 966. The van der Waals surface area contributed by atoms with Crippen LogP contribution in [-0.4, -0.2) is 27.0 Å². The average Bonchev–Trinajstić information content (AvgIpc) is 2.55. The fourth-order valence-electron chi connectivity index (χ4n) is 2.41. The average molecular weight is 411 g/mol. The number of sulfonamides is 1. The number of carbonyl (C=O) groups is 1. The lowest BCUT2D eigenvalue weighted by Crippen LogP contribution is -2.40. The summed E-state index contributed by atoms with van der Waals surface area (Å²) >= 11 is 5.98. The Morgan fingerprint density at radius 3 is 2.37 bits per heavy atom. The summed E-state index contributed by atoms with van der Waals surface area (Å²) in [6, 6.07) is 9.40. The summed E-state index contributed by atoms with van der Waals surface area (Å²) in [5, 5.41) is 3.24. The van der Waals surface area contributed by atoms with Crippen molar-refractivity contribution in [1.29, 1.82) is 0 Å². The number of amides is 1. The molecule has 0 aliphatic carbocycles. The molecular weight excluding hydrogens is 388 g/mol. The normalized spacial score (nSPS) is 11.9. The van der Waals surface area contributed by atoms with Gasteiger partial charge in [-0.2, -0.15) is 0 Å². The number of hydrogen-bond acceptors (Lipinski definition) is 4. The maximum absolute atomic E-state index is 12.7. The molecule has 2 N–H and O–H groups in total. The molecule has 0 spiro atoms. The summed E-state index contributed by atoms with van der Waals surface area (Å²) < 4.78 is 33.2. The third kappa shape index (κ3) is 5.45. The topological polar surface area (TPSA) is 84.5 Å². The zero-order valence-electron chi connectivity index (χ0n) is 15.9. The molecule has 0 unspecified atom stereocenters. The first-order valence-electron chi connectivity index (χ1n) is 8.22. The van der Waals surface area contributed by atoms with Crippen LogP contribution in [0.5, 0.6) is 5.75 Å². The summed E-state index contributed by atoms with van der Waals surface area (Å²) in [4.78, 5) is 12.5. The van der Waals surface area contributed by atoms with Gasteiger partial charge in [-0.25, -0.2) is 13.1 Å². The Labute approximate surface area is 164 Å². The number of rotatable bonds is 5. The van der Waals surface area contributed by atoms with E-state index >= 15 is 0 Å². The standard InChI is InChI=1S/C19H23ClN2O4S/c1-12-6-8-14(20)11-15(12)21-18(23)13-7-9-16(26-5)17(10-13)27(24,25)22-19(2,3)4/h6-11,22H,1-5H3,(H,21,23). The molecule has 27 heavy (non-hydrogen) atoms. The van der Waals surface area contributed by atoms with Crippen LogP contribution in [0.25, 0.3) is 0 Å². The van der Waals surface area contributed by atoms with Gasteiger partial charge in [-0.05, 0) is 63.6 Å². The molecule has 6 nitrogen and oxygen atoms in total. The highest BCUT2D eigenvalue weighted by atomic mass is 35.5. The van der Waals surface area contributed by atoms with E-state index in [9.17, 15) is 13.2 Å². The van der Waals surface area contributed by atoms with Crippen LogP contribution in [0.4, 0.5) is 5.69 Å². The summed E-state index contributed by atoms with van der Waals surface area (Å²) in [5.41, 5.74) is 0.897. The van der Waals surface area contributed by atoms with Gasteiger partial charge in [0.25, 0.3) is 5.91 Å². The number of anilines is 1. The molecule has 0 atom stereocenters. The van der Waals surface area contributed by atoms with Gasteiger partial charge in [0.05, 0.1) is 7.11 Å². The van der Waals surface area contributed by atoms with Crippen molar-refractivity contribution in [2.24, 2.45) is 0 Å². The second kappa shape index (κ2) is 7.88. The molecule has 0 fully saturated rings. The molecule has 0 heterocycles. The predicted molar refractivity (Wildman–Crippen MR) is 107 cm³/mol. The zero-order valence-corrected chi connectivity index (χ0v) is 17.5. The number of ether oxygens (including phenoxy) is 1. The van der Waals surface area contributed by atoms with Crippen molar-refractivity contribution < 1.29 is 17.9 Å². The van der Waals surface area contributed by atoms with Crippen LogP contribution in [0.1, 0.15) is 36.7 Å². The Morgan fingerprint density at radius 1 is 1.11 bits per heavy atom. The number of hydrogen-bond donors (Lipinski definition) is 2. The fraction of sp³-hybridized carbons (Fsp3) is 0.316. The van der Waals surface area contributed by atoms with Crippen LogP contribution in [0.15, 0.2) is 41.3 Å². The monoisotopic (exact) mass is 410 g/mol. The highest BCUT2D eigenvalue weighted by molar-refractivity contribution is 7.89. The second-order valence-electron chi connectivity index (χ2n) is 7.13. The van der Waals surface area contributed by atoms with Gasteiger partial charge in [-0.3, -0.25) is 4.79 Å². The van der Waals surface area contributed by atoms with Gasteiger partial charge >= 0.3 is 0 Å². The number of methoxy groups -OCH3 is 1. The smallest absolute Gasteiger partial charge is 0.255 e. The molecule has 0 aliphatic rings. The Morgan fingerprint density at radius 2 is 1.78 bits per heavy atom. The van der Waals surface area contributed by atoms with Crippen molar-refractivity contribution in [2.45, 2.75) is 38.1 Å². The number of benzene rings is 2. The molecule has 0 aromatic heterocycles. The number of carbonyl (C=O) groups excluding carboxylic acids is 1. The first-order valence-corrected chi connectivity index (χ1v) is 10.1. The highest BCUT2D eigenvalue weighted by Crippen LogP contribution is 2.27. The fourth-order valence-corrected chi connectivity index (χ4v) is 4.20. The molecule has 2 aromatic rings. The molecule has 146 valence electrons. The van der Waals surface area contributed by atoms with Gasteiger partial charge in [0.2, 0.25) is 10.0 Å². The van der Waals surface area contributed by atoms with E-state index in [1.807, 2.05) is 6.92 Å². The van der Waals surface area contributed by atoms with Crippen molar-refractivity contribution in [3.8, 4) is 5.75 Å². The first-order chi connectivity index (χ1) is 12.4. The van der Waals surface area contributed by atoms with E-state index < -0.39 is 21.5 Å². The summed E-state index contributed by atoms with van der Waals surface area (Å²) in [7, 11) is -2.51. The minimum absolute atomic E-state index is 0.101. The van der Waals surface area contributed by atoms with Crippen molar-refractivity contribution in [1.82, 2.24) is 4.72 Å². The van der Waals surface area contributed by atoms with Crippen LogP contribution in [-0.2, 0) is 10.0 Å². The Balaban J connectivity index is 2.41. The molecule has 8 heteroatoms. The van der Waals surface area contributed by atoms with Crippen LogP contribution in [0.2, 0.25) is 5.02 Å². The van der Waals surface area contributed by atoms with E-state index in [1.54, 1.807) is 39.0 Å². The molecule has 1 amide bonds. The SMILES string of the molecule is COc1ccc(C(=O)Nc2cc(Cl)ccc2C)cc1S(=O)(=O)NC(C)(C)C. The third-order valence-electron chi connectivity index (χ3n) is 3.60. The van der Waals surface area contributed by atoms with Crippen molar-refractivity contribution in [3.05, 3.63) is 52.5 Å². The van der Waals surface area contributed by atoms with Gasteiger partial charge in [-0.15, -0.1) is 0 Å². The van der Waals surface area contributed by atoms with Crippen LogP contribution >= 0.6 is 11.6 Å². The lowest BCUT2D eigenvalue weighted by atomic mass is 10.1. The lowest BCUT2D eigenvalue weighted by Gasteiger charge is -2.21. The second-order valence-corrected chi connectivity index (χ2v) is 9.22. The predicted octanol–water partition coefficient (Wildman–Crippen LogP) is 3.99. The van der Waals surface area contributed by atoms with Crippen molar-refractivity contribution >= 4 is 33.2 Å². The van der Waals surface area contributed by atoms with E-state index in [0.29, 0.717) is 10.7 Å². The van der Waals surface area contributed by atoms with Gasteiger partial charge in [0.1, 0.15) is 10.6 Å². The van der Waals surface area contributed by atoms with Gasteiger partial charge in [0.15, 0.2) is 0 Å². The van der Waals surface area contributed by atoms with Crippen LogP contribution < -0.4 is 14.8 Å². The van der Waals surface area contributed by atoms with Crippen molar-refractivity contribution in [2.75, 3.05) is 12.4 Å². The molecule has 2 rings (SSSR count). The van der Waals surface area contributed by atoms with E-state index in [2.05, 4.69) is 10.0 Å². The quantitative estimate of drug-likeness (QED) is 0.780. The minimum Gasteiger partial charge on any atom is -0.495 e. The highest BCUT2D eigenvalue weighted by Gasteiger charge is 2.26. The molecule has 0 saturated carbocycles. The molecule has 0 saturated heterocycles. The Kier molecular flexibility index (Phi) is 6.19. The number of aryl methyl sites for hydroxylation is 1. The van der Waals surface area contributed by atoms with Gasteiger partial charge in [-0.1, -0.05) is 17.7 Å². The van der Waals surface area contributed by atoms with E-state index in [1.165, 1.54) is 25.3 Å². The number of halogens is 1. The summed E-state index contributed by atoms with van der Waals surface area (Å²) in [6.07, 6.45) is 0. The zero-order chi connectivity index (χ0) is 20.4. The van der Waals surface area contributed by atoms with E-state index in [-0.39, 0.29) is 16.2 Å². The van der Waals surface area contributed by atoms with Gasteiger partial charge in [0, 0.05) is 21.8 Å². The lowest BCUT2D eigenvalue weighted by molar-refractivity contribution is 0.102. The maximum Gasteiger partial charge on any atom is 0.255 e. The summed E-state index contributed by atoms with van der Waals surface area (Å²) in [6.45, 7) is 7.03. The molecule has 0 aliphatic heterocycles. The minimum atomic E-state index is -3.88. The summed E-state index contributed by atoms with van der Waals surface area (Å²) in [5.74, 6) is -0.294. The van der Waals surface area contributed by atoms with Crippen LogP contribution in [0, 0.1) is 6.92 Å².